The molecule has 0 aliphatic heterocycles. The van der Waals surface area contributed by atoms with Crippen LogP contribution in [0.2, 0.25) is 0 Å². The minimum Gasteiger partial charge on any atom is -0.382 e. The number of halogens is 3. The van der Waals surface area contributed by atoms with E-state index in [0.29, 0.717) is 5.70 Å². The van der Waals surface area contributed by atoms with Gasteiger partial charge in [-0.1, -0.05) is 74.5 Å². The highest BCUT2D eigenvalue weighted by molar-refractivity contribution is 6.00. The zero-order valence-corrected chi connectivity index (χ0v) is 16.7. The minimum absolute atomic E-state index is 0.106. The van der Waals surface area contributed by atoms with Crippen LogP contribution in [0.25, 0.3) is 0 Å². The molecule has 0 spiro atoms. The second-order valence-corrected chi connectivity index (χ2v) is 7.13. The van der Waals surface area contributed by atoms with Gasteiger partial charge in [0.15, 0.2) is 0 Å². The van der Waals surface area contributed by atoms with Crippen molar-refractivity contribution in [3.63, 3.8) is 0 Å². The summed E-state index contributed by atoms with van der Waals surface area (Å²) in [5, 5.41) is 3.23. The summed E-state index contributed by atoms with van der Waals surface area (Å²) in [6.07, 6.45) is -3.38. The lowest BCUT2D eigenvalue weighted by Gasteiger charge is -2.22. The van der Waals surface area contributed by atoms with E-state index in [1.807, 2.05) is 57.2 Å². The molecule has 2 aromatic rings. The molecule has 2 aromatic carbocycles. The molecule has 2 nitrogen and oxygen atoms in total. The number of benzene rings is 2. The molecule has 28 heavy (non-hydrogen) atoms. The third-order valence-corrected chi connectivity index (χ3v) is 4.50. The summed E-state index contributed by atoms with van der Waals surface area (Å²) < 4.78 is 41.0. The van der Waals surface area contributed by atoms with E-state index in [0.717, 1.165) is 17.2 Å². The van der Waals surface area contributed by atoms with Gasteiger partial charge in [-0.25, -0.2) is 0 Å². The van der Waals surface area contributed by atoms with Gasteiger partial charge in [-0.3, -0.25) is 4.99 Å². The highest BCUT2D eigenvalue weighted by atomic mass is 19.4. The van der Waals surface area contributed by atoms with Gasteiger partial charge in [0, 0.05) is 11.7 Å². The monoisotopic (exact) mass is 388 g/mol. The van der Waals surface area contributed by atoms with E-state index in [2.05, 4.69) is 10.3 Å². The standard InChI is InChI=1S/C23H27F3N2/c1-16(2)21(27-17(3)19-11-7-5-8-12-19)15-22(23(24,25)26)28-18(4)20-13-9-6-10-14-20/h5-18,27H,1-4H3/b21-15-,28-22?/t17-,18-/m1/s1. The van der Waals surface area contributed by atoms with E-state index in [9.17, 15) is 13.2 Å². The maximum Gasteiger partial charge on any atom is 0.432 e. The van der Waals surface area contributed by atoms with Crippen LogP contribution in [0.1, 0.15) is 50.9 Å². The van der Waals surface area contributed by atoms with Gasteiger partial charge in [0.2, 0.25) is 0 Å². The van der Waals surface area contributed by atoms with Crippen molar-refractivity contribution in [1.82, 2.24) is 5.32 Å². The van der Waals surface area contributed by atoms with Crippen LogP contribution in [-0.4, -0.2) is 11.9 Å². The van der Waals surface area contributed by atoms with E-state index in [-0.39, 0.29) is 12.0 Å². The highest BCUT2D eigenvalue weighted by Gasteiger charge is 2.35. The maximum absolute atomic E-state index is 13.7. The fraction of sp³-hybridized carbons (Fsp3) is 0.348. The number of alkyl halides is 3. The van der Waals surface area contributed by atoms with Gasteiger partial charge in [0.05, 0.1) is 6.04 Å². The molecule has 0 unspecified atom stereocenters. The minimum atomic E-state index is -4.53. The van der Waals surface area contributed by atoms with Crippen LogP contribution in [0, 0.1) is 5.92 Å². The van der Waals surface area contributed by atoms with Gasteiger partial charge in [0.1, 0.15) is 5.71 Å². The largest absolute Gasteiger partial charge is 0.432 e. The maximum atomic E-state index is 13.7. The molecule has 0 fully saturated rings. The van der Waals surface area contributed by atoms with Crippen LogP contribution in [0.5, 0.6) is 0 Å². The SMILES string of the molecule is CC(C)/C(=C/C(=N[C@H](C)c1ccccc1)C(F)(F)F)N[C@H](C)c1ccccc1. The number of allylic oxidation sites excluding steroid dienone is 2. The quantitative estimate of drug-likeness (QED) is 0.528. The first kappa shape index (κ1) is 21.7. The van der Waals surface area contributed by atoms with Gasteiger partial charge < -0.3 is 5.32 Å². The first-order valence-corrected chi connectivity index (χ1v) is 9.41. The number of hydrogen-bond acceptors (Lipinski definition) is 2. The third-order valence-electron chi connectivity index (χ3n) is 4.50. The number of hydrogen-bond donors (Lipinski definition) is 1. The first-order valence-electron chi connectivity index (χ1n) is 9.41. The Hall–Kier alpha value is -2.56. The third kappa shape index (κ3) is 6.25. The van der Waals surface area contributed by atoms with Crippen LogP contribution in [0.15, 0.2) is 77.4 Å². The Kier molecular flexibility index (Phi) is 7.44. The lowest BCUT2D eigenvalue weighted by molar-refractivity contribution is -0.0581. The van der Waals surface area contributed by atoms with Gasteiger partial charge in [-0.2, -0.15) is 13.2 Å². The molecule has 0 aliphatic rings. The fourth-order valence-corrected chi connectivity index (χ4v) is 2.80. The molecule has 5 heteroatoms. The fourth-order valence-electron chi connectivity index (χ4n) is 2.80. The van der Waals surface area contributed by atoms with Crippen molar-refractivity contribution in [2.24, 2.45) is 10.9 Å². The van der Waals surface area contributed by atoms with Gasteiger partial charge in [-0.15, -0.1) is 0 Å². The number of rotatable bonds is 7. The van der Waals surface area contributed by atoms with Crippen LogP contribution in [0.3, 0.4) is 0 Å². The van der Waals surface area contributed by atoms with Crippen molar-refractivity contribution >= 4 is 5.71 Å². The zero-order valence-electron chi connectivity index (χ0n) is 16.7. The van der Waals surface area contributed by atoms with E-state index < -0.39 is 17.9 Å². The van der Waals surface area contributed by atoms with Gasteiger partial charge in [-0.05, 0) is 37.0 Å². The van der Waals surface area contributed by atoms with Crippen LogP contribution >= 0.6 is 0 Å². The molecule has 0 aliphatic carbocycles. The second-order valence-electron chi connectivity index (χ2n) is 7.13. The van der Waals surface area contributed by atoms with Gasteiger partial charge in [0.25, 0.3) is 0 Å². The summed E-state index contributed by atoms with van der Waals surface area (Å²) in [6.45, 7) is 7.34. The predicted octanol–water partition coefficient (Wildman–Crippen LogP) is 6.64. The molecular weight excluding hydrogens is 361 g/mol. The van der Waals surface area contributed by atoms with Crippen LogP contribution in [-0.2, 0) is 0 Å². The molecule has 0 amide bonds. The highest BCUT2D eigenvalue weighted by Crippen LogP contribution is 2.26. The molecule has 0 saturated carbocycles. The molecule has 0 aromatic heterocycles. The Labute approximate surface area is 165 Å². The average molecular weight is 388 g/mol. The smallest absolute Gasteiger partial charge is 0.382 e. The number of nitrogens with one attached hydrogen (secondary N) is 1. The molecule has 0 saturated heterocycles. The van der Waals surface area contributed by atoms with Crippen molar-refractivity contribution in [1.29, 1.82) is 0 Å². The Bertz CT molecular complexity index is 794. The molecule has 1 N–H and O–H groups in total. The Morgan fingerprint density at radius 2 is 1.36 bits per heavy atom. The summed E-state index contributed by atoms with van der Waals surface area (Å²) in [7, 11) is 0. The average Bonchev–Trinajstić information content (AvgIpc) is 2.67. The molecule has 0 radical (unpaired) electrons. The van der Waals surface area contributed by atoms with Crippen molar-refractivity contribution in [2.45, 2.75) is 46.0 Å². The van der Waals surface area contributed by atoms with E-state index in [4.69, 9.17) is 0 Å². The van der Waals surface area contributed by atoms with Crippen LogP contribution < -0.4 is 5.32 Å². The Morgan fingerprint density at radius 3 is 1.82 bits per heavy atom. The zero-order chi connectivity index (χ0) is 20.7. The summed E-state index contributed by atoms with van der Waals surface area (Å²) >= 11 is 0. The Morgan fingerprint density at radius 1 is 0.857 bits per heavy atom. The molecule has 2 rings (SSSR count). The number of aliphatic imine (C=N–C) groups is 1. The molecular formula is C23H27F3N2. The summed E-state index contributed by atoms with van der Waals surface area (Å²) in [5.74, 6) is -0.106. The molecule has 0 bridgehead atoms. The van der Waals surface area contributed by atoms with Crippen molar-refractivity contribution < 1.29 is 13.2 Å². The van der Waals surface area contributed by atoms with Crippen molar-refractivity contribution in [2.75, 3.05) is 0 Å². The summed E-state index contributed by atoms with van der Waals surface area (Å²) in [4.78, 5) is 4.00. The predicted molar refractivity (Wildman–Crippen MR) is 109 cm³/mol. The number of nitrogens with zero attached hydrogens (tertiary/aromatic N) is 1. The molecule has 0 heterocycles. The topological polar surface area (TPSA) is 24.4 Å². The molecule has 150 valence electrons. The summed E-state index contributed by atoms with van der Waals surface area (Å²) in [5.41, 5.74) is 1.39. The summed E-state index contributed by atoms with van der Waals surface area (Å²) in [6, 6.07) is 17.9. The van der Waals surface area contributed by atoms with E-state index in [1.165, 1.54) is 0 Å². The molecule has 2 atom stereocenters. The first-order chi connectivity index (χ1) is 13.2. The lowest BCUT2D eigenvalue weighted by atomic mass is 10.0. The second kappa shape index (κ2) is 9.58. The van der Waals surface area contributed by atoms with E-state index >= 15 is 0 Å². The Balaban J connectivity index is 2.34. The van der Waals surface area contributed by atoms with Crippen LogP contribution in [0.4, 0.5) is 13.2 Å². The van der Waals surface area contributed by atoms with Crippen molar-refractivity contribution in [3.05, 3.63) is 83.6 Å². The van der Waals surface area contributed by atoms with Crippen molar-refractivity contribution in [3.8, 4) is 0 Å². The van der Waals surface area contributed by atoms with E-state index in [1.54, 1.807) is 31.2 Å². The van der Waals surface area contributed by atoms with Gasteiger partial charge >= 0.3 is 6.18 Å². The lowest BCUT2D eigenvalue weighted by Crippen LogP contribution is -2.27. The normalized spacial score (nSPS) is 15.4.